The summed E-state index contributed by atoms with van der Waals surface area (Å²) in [6, 6.07) is 13.6. The summed E-state index contributed by atoms with van der Waals surface area (Å²) in [6.07, 6.45) is 3.14. The molecule has 25 heavy (non-hydrogen) atoms. The Hall–Kier alpha value is -2.86. The summed E-state index contributed by atoms with van der Waals surface area (Å²) in [5, 5.41) is 0.465. The molecule has 6 heteroatoms. The van der Waals surface area contributed by atoms with Crippen LogP contribution in [-0.4, -0.2) is 10.8 Å². The molecule has 0 N–H and O–H groups in total. The van der Waals surface area contributed by atoms with Crippen LogP contribution in [0.5, 0.6) is 0 Å². The van der Waals surface area contributed by atoms with E-state index in [4.69, 9.17) is 8.83 Å². The summed E-state index contributed by atoms with van der Waals surface area (Å²) in [6.45, 7) is 0.618. The second-order valence-corrected chi connectivity index (χ2v) is 6.67. The first-order chi connectivity index (χ1) is 12.2. The molecule has 0 aliphatic carbocycles. The molecule has 126 valence electrons. The van der Waals surface area contributed by atoms with Gasteiger partial charge in [0.05, 0.1) is 30.5 Å². The normalized spacial score (nSPS) is 11.1. The second kappa shape index (κ2) is 6.57. The third kappa shape index (κ3) is 3.21. The SMILES string of the molecule is O=C(c1cc2c(F)cccc2s1)N(Cc1ccco1)Cc1ccco1. The highest BCUT2D eigenvalue weighted by molar-refractivity contribution is 7.20. The summed E-state index contributed by atoms with van der Waals surface area (Å²) in [4.78, 5) is 15.1. The Morgan fingerprint density at radius 1 is 1.00 bits per heavy atom. The Kier molecular flexibility index (Phi) is 4.11. The van der Waals surface area contributed by atoms with Crippen LogP contribution in [0.15, 0.2) is 69.9 Å². The number of rotatable bonds is 5. The molecule has 0 saturated carbocycles. The van der Waals surface area contributed by atoms with Crippen molar-refractivity contribution in [3.8, 4) is 0 Å². The van der Waals surface area contributed by atoms with Crippen molar-refractivity contribution in [3.05, 3.63) is 83.3 Å². The van der Waals surface area contributed by atoms with Gasteiger partial charge in [-0.1, -0.05) is 6.07 Å². The maximum atomic E-state index is 13.9. The van der Waals surface area contributed by atoms with Crippen LogP contribution in [0.4, 0.5) is 4.39 Å². The van der Waals surface area contributed by atoms with Gasteiger partial charge in [-0.05, 0) is 42.5 Å². The zero-order chi connectivity index (χ0) is 17.2. The first kappa shape index (κ1) is 15.7. The van der Waals surface area contributed by atoms with Gasteiger partial charge in [0.1, 0.15) is 17.3 Å². The van der Waals surface area contributed by atoms with Gasteiger partial charge in [-0.3, -0.25) is 4.79 Å². The molecule has 0 fully saturated rings. The Balaban J connectivity index is 1.66. The molecule has 4 aromatic rings. The van der Waals surface area contributed by atoms with E-state index in [1.54, 1.807) is 41.7 Å². The zero-order valence-corrected chi connectivity index (χ0v) is 14.0. The fourth-order valence-corrected chi connectivity index (χ4v) is 3.71. The Morgan fingerprint density at radius 2 is 1.68 bits per heavy atom. The summed E-state index contributed by atoms with van der Waals surface area (Å²) in [5.74, 6) is 0.837. The lowest BCUT2D eigenvalue weighted by Crippen LogP contribution is -2.29. The molecular weight excluding hydrogens is 341 g/mol. The van der Waals surface area contributed by atoms with Crippen LogP contribution in [-0.2, 0) is 13.1 Å². The van der Waals surface area contributed by atoms with Crippen LogP contribution in [0.3, 0.4) is 0 Å². The standard InChI is InChI=1S/C19H14FNO3S/c20-16-6-1-7-17-15(16)10-18(25-17)19(22)21(11-13-4-2-8-23-13)12-14-5-3-9-24-14/h1-10H,11-12H2. The van der Waals surface area contributed by atoms with E-state index >= 15 is 0 Å². The van der Waals surface area contributed by atoms with Crippen molar-refractivity contribution in [2.24, 2.45) is 0 Å². The molecule has 3 heterocycles. The van der Waals surface area contributed by atoms with Gasteiger partial charge >= 0.3 is 0 Å². The topological polar surface area (TPSA) is 46.6 Å². The van der Waals surface area contributed by atoms with Gasteiger partial charge in [0.15, 0.2) is 0 Å². The molecule has 0 atom stereocenters. The number of amides is 1. The van der Waals surface area contributed by atoms with E-state index in [1.165, 1.54) is 17.4 Å². The molecule has 4 nitrogen and oxygen atoms in total. The average Bonchev–Trinajstić information content (AvgIpc) is 3.35. The molecule has 0 radical (unpaired) electrons. The summed E-state index contributed by atoms with van der Waals surface area (Å²) in [5.41, 5.74) is 0. The minimum Gasteiger partial charge on any atom is -0.467 e. The van der Waals surface area contributed by atoms with Crippen LogP contribution >= 0.6 is 11.3 Å². The minimum absolute atomic E-state index is 0.187. The van der Waals surface area contributed by atoms with Crippen molar-refractivity contribution in [1.29, 1.82) is 0 Å². The lowest BCUT2D eigenvalue weighted by Gasteiger charge is -2.19. The lowest BCUT2D eigenvalue weighted by molar-refractivity contribution is 0.0710. The number of halogens is 1. The number of carbonyl (C=O) groups is 1. The highest BCUT2D eigenvalue weighted by Crippen LogP contribution is 2.29. The van der Waals surface area contributed by atoms with E-state index in [2.05, 4.69) is 0 Å². The minimum atomic E-state index is -0.323. The molecule has 0 bridgehead atoms. The van der Waals surface area contributed by atoms with E-state index in [1.807, 2.05) is 18.2 Å². The summed E-state index contributed by atoms with van der Waals surface area (Å²) >= 11 is 1.28. The van der Waals surface area contributed by atoms with E-state index in [-0.39, 0.29) is 11.7 Å². The Bertz CT molecular complexity index is 953. The molecule has 1 amide bonds. The van der Waals surface area contributed by atoms with Crippen LogP contribution in [0, 0.1) is 5.82 Å². The van der Waals surface area contributed by atoms with Crippen molar-refractivity contribution < 1.29 is 18.0 Å². The number of furan rings is 2. The molecule has 0 unspecified atom stereocenters. The van der Waals surface area contributed by atoms with Gasteiger partial charge in [0.25, 0.3) is 5.91 Å². The number of fused-ring (bicyclic) bond motifs is 1. The Morgan fingerprint density at radius 3 is 2.24 bits per heavy atom. The van der Waals surface area contributed by atoms with Gasteiger partial charge in [0.2, 0.25) is 0 Å². The van der Waals surface area contributed by atoms with Crippen molar-refractivity contribution in [1.82, 2.24) is 4.90 Å². The van der Waals surface area contributed by atoms with Gasteiger partial charge < -0.3 is 13.7 Å². The van der Waals surface area contributed by atoms with Crippen molar-refractivity contribution in [2.75, 3.05) is 0 Å². The van der Waals surface area contributed by atoms with Gasteiger partial charge in [0, 0.05) is 10.1 Å². The van der Waals surface area contributed by atoms with Gasteiger partial charge in [-0.2, -0.15) is 0 Å². The highest BCUT2D eigenvalue weighted by atomic mass is 32.1. The van der Waals surface area contributed by atoms with Gasteiger partial charge in [-0.15, -0.1) is 11.3 Å². The molecular formula is C19H14FNO3S. The molecule has 3 aromatic heterocycles. The number of hydrogen-bond donors (Lipinski definition) is 0. The van der Waals surface area contributed by atoms with E-state index in [0.717, 1.165) is 4.70 Å². The van der Waals surface area contributed by atoms with E-state index in [9.17, 15) is 9.18 Å². The highest BCUT2D eigenvalue weighted by Gasteiger charge is 2.21. The fourth-order valence-electron chi connectivity index (χ4n) is 2.67. The maximum Gasteiger partial charge on any atom is 0.264 e. The number of nitrogens with zero attached hydrogens (tertiary/aromatic N) is 1. The number of benzene rings is 1. The van der Waals surface area contributed by atoms with Crippen LogP contribution < -0.4 is 0 Å². The van der Waals surface area contributed by atoms with Gasteiger partial charge in [-0.25, -0.2) is 4.39 Å². The summed E-state index contributed by atoms with van der Waals surface area (Å²) < 4.78 is 25.4. The third-order valence-corrected chi connectivity index (χ3v) is 4.95. The maximum absolute atomic E-state index is 13.9. The van der Waals surface area contributed by atoms with E-state index < -0.39 is 0 Å². The Labute approximate surface area is 147 Å². The molecule has 0 aliphatic heterocycles. The van der Waals surface area contributed by atoms with Crippen LogP contribution in [0.1, 0.15) is 21.2 Å². The quantitative estimate of drug-likeness (QED) is 0.502. The molecule has 0 spiro atoms. The average molecular weight is 355 g/mol. The fraction of sp³-hybridized carbons (Fsp3) is 0.105. The van der Waals surface area contributed by atoms with Crippen LogP contribution in [0.2, 0.25) is 0 Å². The predicted molar refractivity (Wildman–Crippen MR) is 92.8 cm³/mol. The first-order valence-corrected chi connectivity index (χ1v) is 8.54. The van der Waals surface area contributed by atoms with Crippen LogP contribution in [0.25, 0.3) is 10.1 Å². The van der Waals surface area contributed by atoms with E-state index in [0.29, 0.717) is 34.9 Å². The van der Waals surface area contributed by atoms with Crippen molar-refractivity contribution in [2.45, 2.75) is 13.1 Å². The third-order valence-electron chi connectivity index (χ3n) is 3.86. The molecule has 4 rings (SSSR count). The number of carbonyl (C=O) groups excluding carboxylic acids is 1. The zero-order valence-electron chi connectivity index (χ0n) is 13.1. The largest absolute Gasteiger partial charge is 0.467 e. The molecule has 1 aromatic carbocycles. The van der Waals surface area contributed by atoms with Crippen molar-refractivity contribution in [3.63, 3.8) is 0 Å². The summed E-state index contributed by atoms with van der Waals surface area (Å²) in [7, 11) is 0. The monoisotopic (exact) mass is 355 g/mol. The molecule has 0 saturated heterocycles. The number of hydrogen-bond acceptors (Lipinski definition) is 4. The lowest BCUT2D eigenvalue weighted by atomic mass is 10.2. The molecule has 0 aliphatic rings. The number of thiophene rings is 1. The first-order valence-electron chi connectivity index (χ1n) is 7.73. The smallest absolute Gasteiger partial charge is 0.264 e. The van der Waals surface area contributed by atoms with Crippen molar-refractivity contribution >= 4 is 27.3 Å². The second-order valence-electron chi connectivity index (χ2n) is 5.58. The predicted octanol–water partition coefficient (Wildman–Crippen LogP) is 5.07.